The van der Waals surface area contributed by atoms with Gasteiger partial charge in [-0.25, -0.2) is 13.2 Å². The minimum absolute atomic E-state index is 0.0872. The number of nitrogens with zero attached hydrogens (tertiary/aromatic N) is 2. The zero-order valence-corrected chi connectivity index (χ0v) is 17.1. The predicted molar refractivity (Wildman–Crippen MR) is 106 cm³/mol. The molecule has 0 radical (unpaired) electrons. The Morgan fingerprint density at radius 3 is 2.41 bits per heavy atom. The Kier molecular flexibility index (Phi) is 5.67. The van der Waals surface area contributed by atoms with E-state index < -0.39 is 15.8 Å². The minimum atomic E-state index is -3.64. The van der Waals surface area contributed by atoms with E-state index in [2.05, 4.69) is 0 Å². The highest BCUT2D eigenvalue weighted by Gasteiger charge is 2.23. The maximum atomic E-state index is 12.7. The van der Waals surface area contributed by atoms with Crippen LogP contribution in [0, 0.1) is 0 Å². The van der Waals surface area contributed by atoms with Crippen LogP contribution in [0.4, 0.5) is 0 Å². The van der Waals surface area contributed by atoms with Gasteiger partial charge >= 0.3 is 5.76 Å². The monoisotopic (exact) mass is 428 g/mol. The van der Waals surface area contributed by atoms with Crippen molar-refractivity contribution in [3.63, 3.8) is 0 Å². The molecule has 1 aromatic heterocycles. The van der Waals surface area contributed by atoms with E-state index in [0.717, 1.165) is 0 Å². The quantitative estimate of drug-likeness (QED) is 0.594. The Labute approximate surface area is 167 Å². The molecule has 0 spiro atoms. The second kappa shape index (κ2) is 7.67. The van der Waals surface area contributed by atoms with Gasteiger partial charge in [-0.15, -0.1) is 0 Å². The summed E-state index contributed by atoms with van der Waals surface area (Å²) in [6, 6.07) is 9.44. The van der Waals surface area contributed by atoms with Gasteiger partial charge in [0, 0.05) is 29.2 Å². The Morgan fingerprint density at radius 2 is 1.78 bits per heavy atom. The standard InChI is InChI=1S/C18H18Cl2N2O4S/c1-3-21(4-2)27(24,25)14-7-8-16-17(10-14)26-18(23)22(16)11-12-5-6-13(19)9-15(12)20/h5-10H,3-4,11H2,1-2H3. The molecule has 0 bridgehead atoms. The number of benzene rings is 2. The van der Waals surface area contributed by atoms with Crippen LogP contribution in [0.3, 0.4) is 0 Å². The van der Waals surface area contributed by atoms with Gasteiger partial charge in [-0.05, 0) is 29.8 Å². The molecule has 0 aliphatic heterocycles. The van der Waals surface area contributed by atoms with E-state index in [1.165, 1.54) is 21.0 Å². The van der Waals surface area contributed by atoms with E-state index in [1.54, 1.807) is 38.1 Å². The van der Waals surface area contributed by atoms with Crippen molar-refractivity contribution >= 4 is 44.3 Å². The van der Waals surface area contributed by atoms with Crippen LogP contribution in [-0.2, 0) is 16.6 Å². The number of hydrogen-bond acceptors (Lipinski definition) is 4. The Bertz CT molecular complexity index is 1150. The van der Waals surface area contributed by atoms with Crippen LogP contribution < -0.4 is 5.76 Å². The molecule has 1 heterocycles. The lowest BCUT2D eigenvalue weighted by molar-refractivity contribution is 0.445. The zero-order valence-electron chi connectivity index (χ0n) is 14.8. The first-order chi connectivity index (χ1) is 12.8. The summed E-state index contributed by atoms with van der Waals surface area (Å²) in [7, 11) is -3.64. The van der Waals surface area contributed by atoms with Gasteiger partial charge in [0.1, 0.15) is 0 Å². The zero-order chi connectivity index (χ0) is 19.8. The second-order valence-electron chi connectivity index (χ2n) is 5.91. The van der Waals surface area contributed by atoms with E-state index in [-0.39, 0.29) is 17.0 Å². The average molecular weight is 429 g/mol. The minimum Gasteiger partial charge on any atom is -0.408 e. The molecule has 144 valence electrons. The van der Waals surface area contributed by atoms with Crippen LogP contribution in [0.1, 0.15) is 19.4 Å². The third-order valence-electron chi connectivity index (χ3n) is 4.33. The maximum absolute atomic E-state index is 12.7. The molecule has 6 nitrogen and oxygen atoms in total. The number of halogens is 2. The van der Waals surface area contributed by atoms with Crippen molar-refractivity contribution in [2.75, 3.05) is 13.1 Å². The molecule has 0 saturated carbocycles. The Hall–Kier alpha value is -1.80. The molecule has 27 heavy (non-hydrogen) atoms. The predicted octanol–water partition coefficient (Wildman–Crippen LogP) is 3.98. The molecule has 0 fully saturated rings. The molecule has 0 atom stereocenters. The van der Waals surface area contributed by atoms with Gasteiger partial charge in [0.15, 0.2) is 5.58 Å². The molecule has 0 aliphatic rings. The summed E-state index contributed by atoms with van der Waals surface area (Å²) >= 11 is 12.1. The summed E-state index contributed by atoms with van der Waals surface area (Å²) in [5.41, 5.74) is 1.40. The summed E-state index contributed by atoms with van der Waals surface area (Å²) in [5.74, 6) is -0.589. The molecule has 0 saturated heterocycles. The fourth-order valence-corrected chi connectivity index (χ4v) is 4.83. The highest BCUT2D eigenvalue weighted by Crippen LogP contribution is 2.25. The van der Waals surface area contributed by atoms with Crippen LogP contribution >= 0.6 is 23.2 Å². The lowest BCUT2D eigenvalue weighted by Gasteiger charge is -2.18. The summed E-state index contributed by atoms with van der Waals surface area (Å²) in [6.07, 6.45) is 0. The van der Waals surface area contributed by atoms with Crippen LogP contribution in [0.15, 0.2) is 50.5 Å². The first-order valence-electron chi connectivity index (χ1n) is 8.35. The van der Waals surface area contributed by atoms with Crippen molar-refractivity contribution < 1.29 is 12.8 Å². The molecule has 3 rings (SSSR count). The SMILES string of the molecule is CCN(CC)S(=O)(=O)c1ccc2c(c1)oc(=O)n2Cc1ccc(Cl)cc1Cl. The van der Waals surface area contributed by atoms with E-state index in [0.29, 0.717) is 34.2 Å². The molecule has 9 heteroatoms. The number of aromatic nitrogens is 1. The van der Waals surface area contributed by atoms with Crippen molar-refractivity contribution in [3.8, 4) is 0 Å². The molecule has 3 aromatic rings. The summed E-state index contributed by atoms with van der Waals surface area (Å²) in [4.78, 5) is 12.4. The third kappa shape index (κ3) is 3.78. The molecule has 0 unspecified atom stereocenters. The van der Waals surface area contributed by atoms with Crippen molar-refractivity contribution in [1.29, 1.82) is 0 Å². The lowest BCUT2D eigenvalue weighted by Crippen LogP contribution is -2.30. The smallest absolute Gasteiger partial charge is 0.408 e. The van der Waals surface area contributed by atoms with Crippen LogP contribution in [0.2, 0.25) is 10.0 Å². The summed E-state index contributed by atoms with van der Waals surface area (Å²) in [6.45, 7) is 4.44. The molecule has 0 aliphatic carbocycles. The number of hydrogen-bond donors (Lipinski definition) is 0. The van der Waals surface area contributed by atoms with E-state index >= 15 is 0 Å². The van der Waals surface area contributed by atoms with Crippen molar-refractivity contribution in [3.05, 3.63) is 62.6 Å². The number of rotatable bonds is 6. The van der Waals surface area contributed by atoms with Crippen LogP contribution in [-0.4, -0.2) is 30.4 Å². The summed E-state index contributed by atoms with van der Waals surface area (Å²) in [5, 5.41) is 0.934. The first kappa shape index (κ1) is 19.9. The third-order valence-corrected chi connectivity index (χ3v) is 6.96. The molecule has 2 aromatic carbocycles. The Morgan fingerprint density at radius 1 is 1.07 bits per heavy atom. The van der Waals surface area contributed by atoms with Crippen molar-refractivity contribution in [2.24, 2.45) is 0 Å². The number of sulfonamides is 1. The van der Waals surface area contributed by atoms with Gasteiger partial charge in [0.25, 0.3) is 0 Å². The van der Waals surface area contributed by atoms with Gasteiger partial charge in [-0.3, -0.25) is 4.57 Å². The van der Waals surface area contributed by atoms with Gasteiger partial charge < -0.3 is 4.42 Å². The van der Waals surface area contributed by atoms with Crippen molar-refractivity contribution in [2.45, 2.75) is 25.3 Å². The Balaban J connectivity index is 2.05. The average Bonchev–Trinajstić information content (AvgIpc) is 2.92. The molecule has 0 N–H and O–H groups in total. The largest absolute Gasteiger partial charge is 0.420 e. The molecule has 0 amide bonds. The second-order valence-corrected chi connectivity index (χ2v) is 8.69. The maximum Gasteiger partial charge on any atom is 0.420 e. The summed E-state index contributed by atoms with van der Waals surface area (Å²) < 4.78 is 33.4. The van der Waals surface area contributed by atoms with Gasteiger partial charge in [0.05, 0.1) is 17.0 Å². The van der Waals surface area contributed by atoms with E-state index in [4.69, 9.17) is 27.6 Å². The lowest BCUT2D eigenvalue weighted by atomic mass is 10.2. The fourth-order valence-electron chi connectivity index (χ4n) is 2.89. The highest BCUT2D eigenvalue weighted by molar-refractivity contribution is 7.89. The first-order valence-corrected chi connectivity index (χ1v) is 10.5. The van der Waals surface area contributed by atoms with Gasteiger partial charge in [-0.1, -0.05) is 43.1 Å². The normalized spacial score (nSPS) is 12.2. The van der Waals surface area contributed by atoms with Crippen molar-refractivity contribution in [1.82, 2.24) is 8.87 Å². The topological polar surface area (TPSA) is 72.5 Å². The molecular formula is C18H18Cl2N2O4S. The molecular weight excluding hydrogens is 411 g/mol. The number of fused-ring (bicyclic) bond motifs is 1. The highest BCUT2D eigenvalue weighted by atomic mass is 35.5. The van der Waals surface area contributed by atoms with Gasteiger partial charge in [-0.2, -0.15) is 4.31 Å². The fraction of sp³-hybridized carbons (Fsp3) is 0.278. The van der Waals surface area contributed by atoms with E-state index in [1.807, 2.05) is 0 Å². The van der Waals surface area contributed by atoms with E-state index in [9.17, 15) is 13.2 Å². The van der Waals surface area contributed by atoms with Crippen LogP contribution in [0.25, 0.3) is 11.1 Å². The van der Waals surface area contributed by atoms with Crippen LogP contribution in [0.5, 0.6) is 0 Å². The van der Waals surface area contributed by atoms with Gasteiger partial charge in [0.2, 0.25) is 10.0 Å². The number of oxazole rings is 1.